The first-order valence-corrected chi connectivity index (χ1v) is 12.1. The summed E-state index contributed by atoms with van der Waals surface area (Å²) in [6, 6.07) is 0. The topological polar surface area (TPSA) is 54.4 Å². The Bertz CT molecular complexity index is 693. The van der Waals surface area contributed by atoms with Gasteiger partial charge in [0.2, 0.25) is 0 Å². The molecule has 29 heavy (non-hydrogen) atoms. The highest BCUT2D eigenvalue weighted by molar-refractivity contribution is 6.15. The molecule has 1 N–H and O–H groups in total. The summed E-state index contributed by atoms with van der Waals surface area (Å²) in [4.78, 5) is 23.3. The van der Waals surface area contributed by atoms with E-state index in [1.807, 2.05) is 0 Å². The first-order chi connectivity index (χ1) is 13.7. The SMILES string of the molecule is CC(=O)C(=C[C@@H](C)[C@H]1CC[C@H]2[C@@H]3CCC4CCCC[C@]4(C)[C@H]3CC[C@]12C)C(=O)O. The van der Waals surface area contributed by atoms with E-state index in [1.54, 1.807) is 6.08 Å². The fraction of sp³-hybridized carbons (Fsp3) is 0.846. The van der Waals surface area contributed by atoms with Crippen molar-refractivity contribution in [2.75, 3.05) is 0 Å². The van der Waals surface area contributed by atoms with Crippen LogP contribution in [0.25, 0.3) is 0 Å². The van der Waals surface area contributed by atoms with Gasteiger partial charge in [0.05, 0.1) is 5.57 Å². The van der Waals surface area contributed by atoms with Gasteiger partial charge in [0.25, 0.3) is 0 Å². The lowest BCUT2D eigenvalue weighted by Crippen LogP contribution is -2.53. The number of carbonyl (C=O) groups excluding carboxylic acids is 1. The summed E-state index contributed by atoms with van der Waals surface area (Å²) >= 11 is 0. The predicted octanol–water partition coefficient (Wildman–Crippen LogP) is 6.27. The van der Waals surface area contributed by atoms with Crippen molar-refractivity contribution in [1.29, 1.82) is 0 Å². The molecule has 4 fully saturated rings. The van der Waals surface area contributed by atoms with E-state index in [0.717, 1.165) is 23.7 Å². The smallest absolute Gasteiger partial charge is 0.338 e. The number of carboxylic acid groups (broad SMARTS) is 1. The van der Waals surface area contributed by atoms with Crippen molar-refractivity contribution in [3.05, 3.63) is 11.6 Å². The van der Waals surface area contributed by atoms with Crippen LogP contribution in [-0.2, 0) is 9.59 Å². The molecule has 0 aliphatic heterocycles. The summed E-state index contributed by atoms with van der Waals surface area (Å²) in [5.74, 6) is 2.75. The molecule has 4 aliphatic carbocycles. The van der Waals surface area contributed by atoms with Crippen molar-refractivity contribution >= 4 is 11.8 Å². The Hall–Kier alpha value is -1.12. The van der Waals surface area contributed by atoms with Gasteiger partial charge in [-0.2, -0.15) is 0 Å². The molecule has 0 aromatic carbocycles. The highest BCUT2D eigenvalue weighted by Gasteiger charge is 2.60. The Morgan fingerprint density at radius 2 is 1.66 bits per heavy atom. The number of rotatable bonds is 4. The van der Waals surface area contributed by atoms with Crippen LogP contribution in [0.4, 0.5) is 0 Å². The molecule has 0 radical (unpaired) electrons. The normalized spacial score (nSPS) is 45.7. The van der Waals surface area contributed by atoms with Crippen molar-refractivity contribution < 1.29 is 14.7 Å². The Morgan fingerprint density at radius 3 is 2.34 bits per heavy atom. The van der Waals surface area contributed by atoms with Crippen LogP contribution in [0.15, 0.2) is 11.6 Å². The third-order valence-corrected chi connectivity index (χ3v) is 10.3. The molecule has 0 aromatic heterocycles. The lowest BCUT2D eigenvalue weighted by Gasteiger charge is -2.60. The minimum atomic E-state index is -1.07. The zero-order valence-electron chi connectivity index (χ0n) is 18.9. The van der Waals surface area contributed by atoms with Crippen molar-refractivity contribution in [3.8, 4) is 0 Å². The van der Waals surface area contributed by atoms with Crippen LogP contribution >= 0.6 is 0 Å². The molecule has 162 valence electrons. The molecule has 0 bridgehead atoms. The van der Waals surface area contributed by atoms with Gasteiger partial charge in [-0.15, -0.1) is 0 Å². The zero-order chi connectivity index (χ0) is 21.0. The maximum absolute atomic E-state index is 11.8. The molecule has 0 aromatic rings. The molecule has 4 rings (SSSR count). The summed E-state index contributed by atoms with van der Waals surface area (Å²) in [6.45, 7) is 8.65. The van der Waals surface area contributed by atoms with E-state index in [1.165, 1.54) is 71.1 Å². The second kappa shape index (κ2) is 7.54. The number of carboxylic acids is 1. The van der Waals surface area contributed by atoms with Gasteiger partial charge in [0, 0.05) is 0 Å². The lowest BCUT2D eigenvalue weighted by atomic mass is 9.44. The van der Waals surface area contributed by atoms with E-state index in [0.29, 0.717) is 16.7 Å². The molecule has 0 spiro atoms. The summed E-state index contributed by atoms with van der Waals surface area (Å²) in [6.07, 6.45) is 15.5. The Balaban J connectivity index is 1.57. The van der Waals surface area contributed by atoms with Gasteiger partial charge >= 0.3 is 5.97 Å². The highest BCUT2D eigenvalue weighted by atomic mass is 16.4. The minimum absolute atomic E-state index is 0.0199. The number of Topliss-reactive ketones (excluding diaryl/α,β-unsaturated/α-hetero) is 1. The maximum Gasteiger partial charge on any atom is 0.338 e. The Morgan fingerprint density at radius 1 is 0.931 bits per heavy atom. The molecule has 0 heterocycles. The number of aliphatic carboxylic acids is 1. The minimum Gasteiger partial charge on any atom is -0.478 e. The van der Waals surface area contributed by atoms with Crippen LogP contribution in [-0.4, -0.2) is 16.9 Å². The van der Waals surface area contributed by atoms with E-state index in [2.05, 4.69) is 20.8 Å². The summed E-state index contributed by atoms with van der Waals surface area (Å²) in [5, 5.41) is 9.44. The fourth-order valence-corrected chi connectivity index (χ4v) is 8.92. The first-order valence-electron chi connectivity index (χ1n) is 12.1. The average Bonchev–Trinajstić information content (AvgIpc) is 3.02. The predicted molar refractivity (Wildman–Crippen MR) is 115 cm³/mol. The first kappa shape index (κ1) is 21.1. The second-order valence-electron chi connectivity index (χ2n) is 11.4. The van der Waals surface area contributed by atoms with E-state index in [9.17, 15) is 14.7 Å². The molecule has 8 atom stereocenters. The van der Waals surface area contributed by atoms with E-state index in [4.69, 9.17) is 0 Å². The molecule has 3 nitrogen and oxygen atoms in total. The largest absolute Gasteiger partial charge is 0.478 e. The molecule has 0 amide bonds. The van der Waals surface area contributed by atoms with Gasteiger partial charge in [-0.25, -0.2) is 4.79 Å². The third kappa shape index (κ3) is 3.31. The van der Waals surface area contributed by atoms with Crippen molar-refractivity contribution in [2.24, 2.45) is 46.3 Å². The highest BCUT2D eigenvalue weighted by Crippen LogP contribution is 2.68. The monoisotopic (exact) mass is 400 g/mol. The number of hydrogen-bond donors (Lipinski definition) is 1. The lowest BCUT2D eigenvalue weighted by molar-refractivity contribution is -0.134. The van der Waals surface area contributed by atoms with Crippen molar-refractivity contribution in [2.45, 2.75) is 91.9 Å². The molecule has 4 saturated carbocycles. The van der Waals surface area contributed by atoms with Gasteiger partial charge in [-0.3, -0.25) is 4.79 Å². The zero-order valence-corrected chi connectivity index (χ0v) is 18.9. The van der Waals surface area contributed by atoms with Gasteiger partial charge in [-0.1, -0.05) is 39.7 Å². The van der Waals surface area contributed by atoms with Gasteiger partial charge in [0.1, 0.15) is 0 Å². The molecular weight excluding hydrogens is 360 g/mol. The molecule has 3 heteroatoms. The van der Waals surface area contributed by atoms with Gasteiger partial charge < -0.3 is 5.11 Å². The number of hydrogen-bond acceptors (Lipinski definition) is 2. The summed E-state index contributed by atoms with van der Waals surface area (Å²) in [5.41, 5.74) is 0.848. The Kier molecular flexibility index (Phi) is 5.49. The summed E-state index contributed by atoms with van der Waals surface area (Å²) < 4.78 is 0. The van der Waals surface area contributed by atoms with Crippen molar-refractivity contribution in [3.63, 3.8) is 0 Å². The van der Waals surface area contributed by atoms with Crippen LogP contribution in [0.2, 0.25) is 0 Å². The third-order valence-electron chi connectivity index (χ3n) is 10.3. The molecular formula is C26H40O3. The molecule has 0 saturated heterocycles. The van der Waals surface area contributed by atoms with Crippen LogP contribution < -0.4 is 0 Å². The molecule has 1 unspecified atom stereocenters. The van der Waals surface area contributed by atoms with Crippen LogP contribution in [0, 0.1) is 46.3 Å². The molecule has 4 aliphatic rings. The fourth-order valence-electron chi connectivity index (χ4n) is 8.92. The standard InChI is InChI=1S/C26H40O3/c1-16(15-20(17(2)27)24(28)29)21-10-11-22-19-9-8-18-7-5-6-13-25(18,3)23(19)12-14-26(21,22)4/h15-16,18-19,21-23H,5-14H2,1-4H3,(H,28,29)/t16-,18?,19+,21-,22+,23+,25+,26-/m1/s1. The number of fused-ring (bicyclic) bond motifs is 5. The Labute approximate surface area is 176 Å². The number of ketones is 1. The number of allylic oxidation sites excluding steroid dienone is 1. The van der Waals surface area contributed by atoms with Crippen LogP contribution in [0.5, 0.6) is 0 Å². The van der Waals surface area contributed by atoms with Gasteiger partial charge in [0.15, 0.2) is 5.78 Å². The van der Waals surface area contributed by atoms with E-state index >= 15 is 0 Å². The number of carbonyl (C=O) groups is 2. The average molecular weight is 401 g/mol. The van der Waals surface area contributed by atoms with E-state index < -0.39 is 5.97 Å². The second-order valence-corrected chi connectivity index (χ2v) is 11.4. The quantitative estimate of drug-likeness (QED) is 0.344. The summed E-state index contributed by atoms with van der Waals surface area (Å²) in [7, 11) is 0. The van der Waals surface area contributed by atoms with Crippen LogP contribution in [0.1, 0.15) is 91.9 Å². The van der Waals surface area contributed by atoms with Crippen molar-refractivity contribution in [1.82, 2.24) is 0 Å². The van der Waals surface area contributed by atoms with Crippen LogP contribution in [0.3, 0.4) is 0 Å². The maximum atomic E-state index is 11.8. The van der Waals surface area contributed by atoms with Gasteiger partial charge in [-0.05, 0) is 105 Å². The van der Waals surface area contributed by atoms with E-state index in [-0.39, 0.29) is 17.3 Å².